The number of piperidine rings is 1. The minimum absolute atomic E-state index is 0.0516. The van der Waals surface area contributed by atoms with Crippen molar-refractivity contribution in [3.05, 3.63) is 35.9 Å². The zero-order valence-electron chi connectivity index (χ0n) is 11.6. The van der Waals surface area contributed by atoms with Gasteiger partial charge in [0.15, 0.2) is 0 Å². The van der Waals surface area contributed by atoms with Crippen molar-refractivity contribution in [2.45, 2.75) is 38.4 Å². The summed E-state index contributed by atoms with van der Waals surface area (Å²) in [6, 6.07) is 9.70. The van der Waals surface area contributed by atoms with Crippen LogP contribution in [0.5, 0.6) is 0 Å². The van der Waals surface area contributed by atoms with Gasteiger partial charge in [0.1, 0.15) is 6.61 Å². The second kappa shape index (κ2) is 5.44. The fourth-order valence-electron chi connectivity index (χ4n) is 3.24. The first-order chi connectivity index (χ1) is 9.70. The summed E-state index contributed by atoms with van der Waals surface area (Å²) < 4.78 is 5.37. The van der Waals surface area contributed by atoms with Crippen molar-refractivity contribution >= 4 is 6.09 Å². The maximum absolute atomic E-state index is 12.1. The zero-order chi connectivity index (χ0) is 14.0. The zero-order valence-corrected chi connectivity index (χ0v) is 11.6. The molecule has 4 heteroatoms. The van der Waals surface area contributed by atoms with Crippen LogP contribution in [0, 0.1) is 5.41 Å². The summed E-state index contributed by atoms with van der Waals surface area (Å²) in [5.74, 6) is 0. The van der Waals surface area contributed by atoms with E-state index in [-0.39, 0.29) is 17.6 Å². The molecule has 1 saturated heterocycles. The van der Waals surface area contributed by atoms with E-state index in [2.05, 4.69) is 0 Å². The normalized spacial score (nSPS) is 24.2. The van der Waals surface area contributed by atoms with Crippen LogP contribution in [-0.4, -0.2) is 35.3 Å². The summed E-state index contributed by atoms with van der Waals surface area (Å²) in [4.78, 5) is 13.9. The maximum Gasteiger partial charge on any atom is 0.410 e. The monoisotopic (exact) mass is 275 g/mol. The third-order valence-corrected chi connectivity index (χ3v) is 4.70. The summed E-state index contributed by atoms with van der Waals surface area (Å²) in [6.45, 7) is 1.55. The summed E-state index contributed by atoms with van der Waals surface area (Å²) in [5.41, 5.74) is 0.945. The van der Waals surface area contributed by atoms with Crippen LogP contribution in [0.2, 0.25) is 0 Å². The molecule has 0 aromatic heterocycles. The van der Waals surface area contributed by atoms with Crippen LogP contribution in [-0.2, 0) is 11.3 Å². The molecule has 0 bridgehead atoms. The van der Waals surface area contributed by atoms with Gasteiger partial charge in [-0.05, 0) is 24.8 Å². The van der Waals surface area contributed by atoms with Crippen molar-refractivity contribution < 1.29 is 14.6 Å². The molecule has 20 heavy (non-hydrogen) atoms. The molecule has 3 rings (SSSR count). The highest BCUT2D eigenvalue weighted by Gasteiger charge is 2.48. The van der Waals surface area contributed by atoms with Crippen LogP contribution in [0.25, 0.3) is 0 Å². The van der Waals surface area contributed by atoms with E-state index < -0.39 is 0 Å². The Hall–Kier alpha value is -1.55. The average molecular weight is 275 g/mol. The van der Waals surface area contributed by atoms with Crippen molar-refractivity contribution in [1.82, 2.24) is 4.90 Å². The highest BCUT2D eigenvalue weighted by atomic mass is 16.6. The number of benzene rings is 1. The molecule has 1 N–H and O–H groups in total. The molecule has 2 fully saturated rings. The number of aliphatic hydroxyl groups is 1. The fourth-order valence-corrected chi connectivity index (χ4v) is 3.24. The Morgan fingerprint density at radius 2 is 2.10 bits per heavy atom. The molecule has 4 nitrogen and oxygen atoms in total. The predicted molar refractivity (Wildman–Crippen MR) is 75.1 cm³/mol. The molecule has 2 aliphatic rings. The van der Waals surface area contributed by atoms with Gasteiger partial charge in [-0.1, -0.05) is 36.8 Å². The molecule has 1 aliphatic heterocycles. The Bertz CT molecular complexity index is 470. The van der Waals surface area contributed by atoms with E-state index >= 15 is 0 Å². The van der Waals surface area contributed by atoms with Crippen molar-refractivity contribution in [2.24, 2.45) is 5.41 Å². The largest absolute Gasteiger partial charge is 0.445 e. The summed E-state index contributed by atoms with van der Waals surface area (Å²) in [5, 5.41) is 10.1. The van der Waals surface area contributed by atoms with E-state index in [0.29, 0.717) is 26.1 Å². The molecule has 108 valence electrons. The molecule has 1 saturated carbocycles. The highest BCUT2D eigenvalue weighted by molar-refractivity contribution is 5.68. The van der Waals surface area contributed by atoms with Crippen LogP contribution < -0.4 is 0 Å². The van der Waals surface area contributed by atoms with Crippen molar-refractivity contribution in [2.75, 3.05) is 13.1 Å². The lowest BCUT2D eigenvalue weighted by Gasteiger charge is -2.51. The number of carbonyl (C=O) groups excluding carboxylic acids is 1. The van der Waals surface area contributed by atoms with E-state index in [1.165, 1.54) is 0 Å². The molecule has 1 aromatic carbocycles. The molecular weight excluding hydrogens is 254 g/mol. The number of carbonyl (C=O) groups is 1. The third-order valence-electron chi connectivity index (χ3n) is 4.70. The van der Waals surface area contributed by atoms with E-state index in [0.717, 1.165) is 24.8 Å². The molecule has 1 aliphatic carbocycles. The summed E-state index contributed by atoms with van der Waals surface area (Å²) in [6.07, 6.45) is 3.36. The lowest BCUT2D eigenvalue weighted by molar-refractivity contribution is -0.0878. The first-order valence-corrected chi connectivity index (χ1v) is 7.33. The lowest BCUT2D eigenvalue weighted by atomic mass is 9.62. The number of aliphatic hydroxyl groups excluding tert-OH is 1. The number of amides is 1. The van der Waals surface area contributed by atoms with Crippen LogP contribution in [0.3, 0.4) is 0 Å². The number of hydrogen-bond donors (Lipinski definition) is 1. The van der Waals surface area contributed by atoms with Gasteiger partial charge in [-0.2, -0.15) is 0 Å². The Labute approximate surface area is 119 Å². The number of rotatable bonds is 2. The number of ether oxygens (including phenoxy) is 1. The van der Waals surface area contributed by atoms with Gasteiger partial charge in [-0.15, -0.1) is 0 Å². The Morgan fingerprint density at radius 3 is 2.75 bits per heavy atom. The van der Waals surface area contributed by atoms with Gasteiger partial charge in [0.25, 0.3) is 0 Å². The van der Waals surface area contributed by atoms with E-state index in [1.807, 2.05) is 30.3 Å². The molecule has 1 amide bonds. The van der Waals surface area contributed by atoms with Crippen molar-refractivity contribution in [3.8, 4) is 0 Å². The Kier molecular flexibility index (Phi) is 3.66. The highest BCUT2D eigenvalue weighted by Crippen LogP contribution is 2.47. The van der Waals surface area contributed by atoms with Crippen LogP contribution in [0.15, 0.2) is 30.3 Å². The van der Waals surface area contributed by atoms with Gasteiger partial charge in [0.2, 0.25) is 0 Å². The second-order valence-electron chi connectivity index (χ2n) is 5.98. The topological polar surface area (TPSA) is 49.8 Å². The average Bonchev–Trinajstić information content (AvgIpc) is 2.44. The van der Waals surface area contributed by atoms with E-state index in [9.17, 15) is 9.90 Å². The minimum atomic E-state index is -0.257. The van der Waals surface area contributed by atoms with Crippen LogP contribution in [0.4, 0.5) is 4.79 Å². The molecule has 1 aromatic rings. The number of nitrogens with zero attached hydrogens (tertiary/aromatic N) is 1. The van der Waals surface area contributed by atoms with Gasteiger partial charge in [-0.25, -0.2) is 4.79 Å². The van der Waals surface area contributed by atoms with Crippen molar-refractivity contribution in [3.63, 3.8) is 0 Å². The smallest absolute Gasteiger partial charge is 0.410 e. The SMILES string of the molecule is O=C(OCc1ccccc1)N1CCC(O)C2(CCC2)C1. The van der Waals surface area contributed by atoms with Gasteiger partial charge < -0.3 is 14.7 Å². The van der Waals surface area contributed by atoms with E-state index in [1.54, 1.807) is 4.90 Å². The van der Waals surface area contributed by atoms with Gasteiger partial charge in [0, 0.05) is 18.5 Å². The molecular formula is C16H21NO3. The van der Waals surface area contributed by atoms with Gasteiger partial charge in [-0.3, -0.25) is 0 Å². The summed E-state index contributed by atoms with van der Waals surface area (Å²) in [7, 11) is 0. The fraction of sp³-hybridized carbons (Fsp3) is 0.562. The third kappa shape index (κ3) is 2.52. The Balaban J connectivity index is 1.55. The quantitative estimate of drug-likeness (QED) is 0.902. The maximum atomic E-state index is 12.1. The first kappa shape index (κ1) is 13.4. The van der Waals surface area contributed by atoms with Crippen LogP contribution in [0.1, 0.15) is 31.2 Å². The van der Waals surface area contributed by atoms with Crippen LogP contribution >= 0.6 is 0 Å². The first-order valence-electron chi connectivity index (χ1n) is 7.33. The van der Waals surface area contributed by atoms with Gasteiger partial charge in [0.05, 0.1) is 6.10 Å². The molecule has 0 radical (unpaired) electrons. The predicted octanol–water partition coefficient (Wildman–Crippen LogP) is 2.56. The van der Waals surface area contributed by atoms with E-state index in [4.69, 9.17) is 4.74 Å². The lowest BCUT2D eigenvalue weighted by Crippen LogP contribution is -2.56. The summed E-state index contributed by atoms with van der Waals surface area (Å²) >= 11 is 0. The minimum Gasteiger partial charge on any atom is -0.445 e. The standard InChI is InChI=1S/C16H21NO3/c18-14-7-10-17(12-16(14)8-4-9-16)15(19)20-11-13-5-2-1-3-6-13/h1-3,5-6,14,18H,4,7-12H2. The number of likely N-dealkylation sites (tertiary alicyclic amines) is 1. The second-order valence-corrected chi connectivity index (χ2v) is 5.98. The van der Waals surface area contributed by atoms with Gasteiger partial charge >= 0.3 is 6.09 Å². The molecule has 1 heterocycles. The Morgan fingerprint density at radius 1 is 1.35 bits per heavy atom. The molecule has 1 atom stereocenters. The number of hydrogen-bond acceptors (Lipinski definition) is 3. The molecule has 1 spiro atoms. The molecule has 1 unspecified atom stereocenters. The van der Waals surface area contributed by atoms with Crippen molar-refractivity contribution in [1.29, 1.82) is 0 Å².